The highest BCUT2D eigenvalue weighted by Gasteiger charge is 2.14. The molecule has 0 fully saturated rings. The zero-order chi connectivity index (χ0) is 17.0. The molecule has 124 valence electrons. The summed E-state index contributed by atoms with van der Waals surface area (Å²) in [6, 6.07) is 14.0. The smallest absolute Gasteiger partial charge is 0.261 e. The molecule has 24 heavy (non-hydrogen) atoms. The fourth-order valence-corrected chi connectivity index (χ4v) is 3.31. The van der Waals surface area contributed by atoms with E-state index in [9.17, 15) is 8.42 Å². The second kappa shape index (κ2) is 6.79. The topological polar surface area (TPSA) is 101 Å². The first-order chi connectivity index (χ1) is 11.6. The Kier molecular flexibility index (Phi) is 4.57. The Balaban J connectivity index is 1.72. The average molecular weight is 343 g/mol. The first kappa shape index (κ1) is 16.1. The van der Waals surface area contributed by atoms with Crippen molar-refractivity contribution in [2.45, 2.75) is 24.7 Å². The SMILES string of the molecule is CCc1ccc(S(=O)(=O)Nc2ccc(Cc3nn[nH]n3)cc2)cc1. The van der Waals surface area contributed by atoms with E-state index in [4.69, 9.17) is 0 Å². The number of hydrogen-bond donors (Lipinski definition) is 2. The zero-order valence-electron chi connectivity index (χ0n) is 13.1. The van der Waals surface area contributed by atoms with Crippen LogP contribution in [-0.4, -0.2) is 29.0 Å². The van der Waals surface area contributed by atoms with Crippen LogP contribution in [0.25, 0.3) is 0 Å². The van der Waals surface area contributed by atoms with Crippen LogP contribution in [0.3, 0.4) is 0 Å². The molecule has 3 aromatic rings. The lowest BCUT2D eigenvalue weighted by atomic mass is 10.1. The lowest BCUT2D eigenvalue weighted by molar-refractivity contribution is 0.601. The molecule has 2 aromatic carbocycles. The minimum absolute atomic E-state index is 0.246. The molecule has 0 atom stereocenters. The third-order valence-electron chi connectivity index (χ3n) is 3.60. The maximum atomic E-state index is 12.4. The minimum atomic E-state index is -3.59. The number of nitrogens with one attached hydrogen (secondary N) is 2. The van der Waals surface area contributed by atoms with E-state index in [1.54, 1.807) is 24.3 Å². The summed E-state index contributed by atoms with van der Waals surface area (Å²) in [6.45, 7) is 2.03. The molecule has 2 N–H and O–H groups in total. The van der Waals surface area contributed by atoms with Crippen molar-refractivity contribution >= 4 is 15.7 Å². The monoisotopic (exact) mass is 343 g/mol. The normalized spacial score (nSPS) is 11.4. The summed E-state index contributed by atoms with van der Waals surface area (Å²) in [5.41, 5.74) is 2.57. The van der Waals surface area contributed by atoms with Crippen molar-refractivity contribution in [3.8, 4) is 0 Å². The molecule has 0 saturated carbocycles. The number of benzene rings is 2. The van der Waals surface area contributed by atoms with Crippen molar-refractivity contribution in [3.63, 3.8) is 0 Å². The van der Waals surface area contributed by atoms with Crippen LogP contribution in [0.15, 0.2) is 53.4 Å². The second-order valence-corrected chi connectivity index (χ2v) is 6.99. The van der Waals surface area contributed by atoms with Crippen LogP contribution in [0.1, 0.15) is 23.9 Å². The van der Waals surface area contributed by atoms with E-state index in [0.29, 0.717) is 17.9 Å². The fourth-order valence-electron chi connectivity index (χ4n) is 2.25. The van der Waals surface area contributed by atoms with Crippen molar-refractivity contribution in [1.82, 2.24) is 20.6 Å². The zero-order valence-corrected chi connectivity index (χ0v) is 13.9. The average Bonchev–Trinajstić information content (AvgIpc) is 3.09. The number of tetrazole rings is 1. The second-order valence-electron chi connectivity index (χ2n) is 5.30. The van der Waals surface area contributed by atoms with Crippen LogP contribution in [0.4, 0.5) is 5.69 Å². The first-order valence-electron chi connectivity index (χ1n) is 7.50. The Bertz CT molecular complexity index is 889. The van der Waals surface area contributed by atoms with Crippen LogP contribution < -0.4 is 4.72 Å². The first-order valence-corrected chi connectivity index (χ1v) is 8.98. The van der Waals surface area contributed by atoms with E-state index in [0.717, 1.165) is 17.5 Å². The van der Waals surface area contributed by atoms with Crippen molar-refractivity contribution in [2.75, 3.05) is 4.72 Å². The summed E-state index contributed by atoms with van der Waals surface area (Å²) in [7, 11) is -3.59. The maximum absolute atomic E-state index is 12.4. The van der Waals surface area contributed by atoms with Crippen LogP contribution >= 0.6 is 0 Å². The van der Waals surface area contributed by atoms with Gasteiger partial charge in [-0.2, -0.15) is 5.21 Å². The number of H-pyrrole nitrogens is 1. The van der Waals surface area contributed by atoms with E-state index in [1.165, 1.54) is 0 Å². The highest BCUT2D eigenvalue weighted by Crippen LogP contribution is 2.18. The number of aromatic nitrogens is 4. The fraction of sp³-hybridized carbons (Fsp3) is 0.188. The summed E-state index contributed by atoms with van der Waals surface area (Å²) < 4.78 is 27.4. The third kappa shape index (κ3) is 3.77. The standard InChI is InChI=1S/C16H17N5O2S/c1-2-12-5-9-15(10-6-12)24(22,23)19-14-7-3-13(4-8-14)11-16-17-20-21-18-16/h3-10,19H,2,11H2,1H3,(H,17,18,20,21). The number of aromatic amines is 1. The minimum Gasteiger partial charge on any atom is -0.280 e. The van der Waals surface area contributed by atoms with E-state index in [1.807, 2.05) is 31.2 Å². The highest BCUT2D eigenvalue weighted by molar-refractivity contribution is 7.92. The van der Waals surface area contributed by atoms with Gasteiger partial charge in [0.15, 0.2) is 5.82 Å². The Morgan fingerprint density at radius 2 is 1.67 bits per heavy atom. The van der Waals surface area contributed by atoms with Gasteiger partial charge in [-0.05, 0) is 41.8 Å². The molecule has 0 spiro atoms. The number of sulfonamides is 1. The number of rotatable bonds is 6. The van der Waals surface area contributed by atoms with Crippen LogP contribution in [0.2, 0.25) is 0 Å². The molecular formula is C16H17N5O2S. The molecule has 7 nitrogen and oxygen atoms in total. The molecule has 1 aromatic heterocycles. The molecule has 3 rings (SSSR count). The molecular weight excluding hydrogens is 326 g/mol. The summed E-state index contributed by atoms with van der Waals surface area (Å²) in [5.74, 6) is 0.583. The Morgan fingerprint density at radius 1 is 1.00 bits per heavy atom. The van der Waals surface area contributed by atoms with Gasteiger partial charge in [0.05, 0.1) is 4.90 Å². The number of hydrogen-bond acceptors (Lipinski definition) is 5. The van der Waals surface area contributed by atoms with Gasteiger partial charge >= 0.3 is 0 Å². The van der Waals surface area contributed by atoms with E-state index >= 15 is 0 Å². The number of anilines is 1. The Hall–Kier alpha value is -2.74. The molecule has 0 aliphatic carbocycles. The molecule has 0 amide bonds. The number of nitrogens with zero attached hydrogens (tertiary/aromatic N) is 3. The lowest BCUT2D eigenvalue weighted by Gasteiger charge is -2.09. The lowest BCUT2D eigenvalue weighted by Crippen LogP contribution is -2.12. The summed E-state index contributed by atoms with van der Waals surface area (Å²) in [6.07, 6.45) is 1.40. The predicted molar refractivity (Wildman–Crippen MR) is 90.1 cm³/mol. The third-order valence-corrected chi connectivity index (χ3v) is 5.00. The van der Waals surface area contributed by atoms with Crippen molar-refractivity contribution in [2.24, 2.45) is 0 Å². The summed E-state index contributed by atoms with van der Waals surface area (Å²) in [5, 5.41) is 13.7. The van der Waals surface area contributed by atoms with Gasteiger partial charge in [0, 0.05) is 12.1 Å². The van der Waals surface area contributed by atoms with Gasteiger partial charge < -0.3 is 0 Å². The molecule has 0 bridgehead atoms. The maximum Gasteiger partial charge on any atom is 0.261 e. The molecule has 0 aliphatic rings. The molecule has 0 aliphatic heterocycles. The van der Waals surface area contributed by atoms with E-state index < -0.39 is 10.0 Å². The van der Waals surface area contributed by atoms with Crippen LogP contribution in [0.5, 0.6) is 0 Å². The molecule has 8 heteroatoms. The number of aryl methyl sites for hydroxylation is 1. The summed E-state index contributed by atoms with van der Waals surface area (Å²) in [4.78, 5) is 0.246. The largest absolute Gasteiger partial charge is 0.280 e. The molecule has 0 unspecified atom stereocenters. The van der Waals surface area contributed by atoms with Crippen molar-refractivity contribution < 1.29 is 8.42 Å². The molecule has 1 heterocycles. The van der Waals surface area contributed by atoms with Gasteiger partial charge in [-0.3, -0.25) is 4.72 Å². The van der Waals surface area contributed by atoms with E-state index in [-0.39, 0.29) is 4.90 Å². The molecule has 0 saturated heterocycles. The summed E-state index contributed by atoms with van der Waals surface area (Å²) >= 11 is 0. The van der Waals surface area contributed by atoms with Gasteiger partial charge in [-0.15, -0.1) is 10.2 Å². The van der Waals surface area contributed by atoms with Gasteiger partial charge in [0.25, 0.3) is 10.0 Å². The van der Waals surface area contributed by atoms with Gasteiger partial charge in [0.2, 0.25) is 0 Å². The highest BCUT2D eigenvalue weighted by atomic mass is 32.2. The van der Waals surface area contributed by atoms with E-state index in [2.05, 4.69) is 25.3 Å². The Morgan fingerprint density at radius 3 is 2.25 bits per heavy atom. The van der Waals surface area contributed by atoms with Crippen LogP contribution in [0, 0.1) is 0 Å². The van der Waals surface area contributed by atoms with Crippen LogP contribution in [-0.2, 0) is 22.9 Å². The quantitative estimate of drug-likeness (QED) is 0.714. The molecule has 0 radical (unpaired) electrons. The van der Waals surface area contributed by atoms with Crippen molar-refractivity contribution in [3.05, 3.63) is 65.5 Å². The Labute approximate surface area is 140 Å². The van der Waals surface area contributed by atoms with Gasteiger partial charge in [-0.25, -0.2) is 8.42 Å². The van der Waals surface area contributed by atoms with Gasteiger partial charge in [-0.1, -0.05) is 36.4 Å². The van der Waals surface area contributed by atoms with Crippen molar-refractivity contribution in [1.29, 1.82) is 0 Å². The van der Waals surface area contributed by atoms with Gasteiger partial charge in [0.1, 0.15) is 0 Å². The predicted octanol–water partition coefficient (Wildman–Crippen LogP) is 2.15.